The highest BCUT2D eigenvalue weighted by Gasteiger charge is 2.53. The van der Waals surface area contributed by atoms with Crippen molar-refractivity contribution >= 4 is 44.7 Å². The molecule has 1 amide bonds. The molecule has 0 aliphatic carbocycles. The Kier molecular flexibility index (Phi) is 7.37. The van der Waals surface area contributed by atoms with Crippen molar-refractivity contribution in [2.24, 2.45) is 0 Å². The summed E-state index contributed by atoms with van der Waals surface area (Å²) >= 11 is 7.07. The lowest BCUT2D eigenvalue weighted by molar-refractivity contribution is -0.312. The maximum atomic E-state index is 14.2. The maximum Gasteiger partial charge on any atom is 0.256 e. The minimum Gasteiger partial charge on any atom is -0.387 e. The second kappa shape index (κ2) is 11.3. The molecule has 220 valence electrons. The molecule has 6 atom stereocenters. The Labute approximate surface area is 251 Å². The van der Waals surface area contributed by atoms with Gasteiger partial charge >= 0.3 is 0 Å². The average Bonchev–Trinajstić information content (AvgIpc) is 3.69. The molecule has 43 heavy (non-hydrogen) atoms. The number of aromatic nitrogens is 4. The number of nitrogens with one attached hydrogen (secondary N) is 1. The Morgan fingerprint density at radius 1 is 1.09 bits per heavy atom. The summed E-state index contributed by atoms with van der Waals surface area (Å²) in [5, 5.41) is 22.0. The van der Waals surface area contributed by atoms with Crippen LogP contribution in [0.25, 0.3) is 21.5 Å². The number of amides is 1. The van der Waals surface area contributed by atoms with E-state index < -0.39 is 59.3 Å². The number of nitrogens with zero attached hydrogens (tertiary/aromatic N) is 4. The van der Waals surface area contributed by atoms with Gasteiger partial charge in [0.25, 0.3) is 5.91 Å². The maximum absolute atomic E-state index is 14.2. The third-order valence-corrected chi connectivity index (χ3v) is 8.55. The molecule has 0 saturated carbocycles. The van der Waals surface area contributed by atoms with Crippen LogP contribution in [0.3, 0.4) is 0 Å². The minimum atomic E-state index is -1.46. The fourth-order valence-electron chi connectivity index (χ4n) is 5.32. The number of hydrogen-bond donors (Lipinski definition) is 2. The molecule has 14 heteroatoms. The van der Waals surface area contributed by atoms with Crippen molar-refractivity contribution in [2.45, 2.75) is 36.7 Å². The molecular weight excluding hydrogens is 604 g/mol. The van der Waals surface area contributed by atoms with Crippen molar-refractivity contribution in [3.05, 3.63) is 94.6 Å². The van der Waals surface area contributed by atoms with Crippen LogP contribution in [-0.4, -0.2) is 62.0 Å². The zero-order valence-corrected chi connectivity index (χ0v) is 23.6. The Morgan fingerprint density at radius 3 is 2.67 bits per heavy atom. The summed E-state index contributed by atoms with van der Waals surface area (Å²) in [4.78, 5) is 17.7. The van der Waals surface area contributed by atoms with Gasteiger partial charge in [-0.2, -0.15) is 0 Å². The standard InChI is InChI=1S/C29H22ClF2N5O5S/c30-23-17(31)8-15(9-18(23)32)20-11-37(36-35-20)24-25(38)27(28(39)34-16-6-7-19-22(10-16)43-13-33-19)41-21-12-40-29(42-26(21)24)14-4-2-1-3-5-14/h1-11,13,21,24-27,29,38H,12H2,(H,34,39). The van der Waals surface area contributed by atoms with Crippen LogP contribution in [0, 0.1) is 11.6 Å². The highest BCUT2D eigenvalue weighted by atomic mass is 35.5. The van der Waals surface area contributed by atoms with Crippen molar-refractivity contribution in [3.8, 4) is 11.3 Å². The van der Waals surface area contributed by atoms with E-state index in [-0.39, 0.29) is 17.9 Å². The molecule has 5 aromatic rings. The number of ether oxygens (including phenoxy) is 3. The van der Waals surface area contributed by atoms with Crippen LogP contribution >= 0.6 is 22.9 Å². The second-order valence-corrected chi connectivity index (χ2v) is 11.4. The Morgan fingerprint density at radius 2 is 1.88 bits per heavy atom. The average molecular weight is 626 g/mol. The topological polar surface area (TPSA) is 121 Å². The van der Waals surface area contributed by atoms with E-state index in [1.54, 1.807) is 23.7 Å². The molecule has 4 heterocycles. The Bertz CT molecular complexity index is 1780. The lowest BCUT2D eigenvalue weighted by atomic mass is 9.91. The van der Waals surface area contributed by atoms with Gasteiger partial charge in [0.15, 0.2) is 12.4 Å². The van der Waals surface area contributed by atoms with Crippen LogP contribution in [0.4, 0.5) is 14.5 Å². The predicted octanol–water partition coefficient (Wildman–Crippen LogP) is 4.91. The van der Waals surface area contributed by atoms with Crippen LogP contribution < -0.4 is 5.32 Å². The van der Waals surface area contributed by atoms with Crippen LogP contribution in [0.1, 0.15) is 17.9 Å². The number of thiazole rings is 1. The SMILES string of the molecule is O=C(Nc1ccc2ncsc2c1)C1OC2COC(c3ccccc3)OC2C(n2cc(-c3cc(F)c(Cl)c(F)c3)nn2)C1O. The number of carbonyl (C=O) groups excluding carboxylic acids is 1. The molecule has 0 bridgehead atoms. The molecule has 10 nitrogen and oxygen atoms in total. The number of benzene rings is 3. The van der Waals surface area contributed by atoms with Crippen LogP contribution in [-0.2, 0) is 19.0 Å². The molecule has 2 N–H and O–H groups in total. The molecule has 0 spiro atoms. The molecule has 3 aromatic carbocycles. The summed E-state index contributed by atoms with van der Waals surface area (Å²) in [6, 6.07) is 15.6. The van der Waals surface area contributed by atoms with Crippen molar-refractivity contribution < 1.29 is 32.9 Å². The highest BCUT2D eigenvalue weighted by Crippen LogP contribution is 2.40. The van der Waals surface area contributed by atoms with E-state index in [1.165, 1.54) is 22.2 Å². The largest absolute Gasteiger partial charge is 0.387 e. The number of carbonyl (C=O) groups is 1. The number of anilines is 1. The van der Waals surface area contributed by atoms with E-state index in [0.29, 0.717) is 5.69 Å². The summed E-state index contributed by atoms with van der Waals surface area (Å²) in [5.41, 5.74) is 3.97. The Hall–Kier alpha value is -3.85. The van der Waals surface area contributed by atoms with E-state index in [4.69, 9.17) is 25.8 Å². The second-order valence-electron chi connectivity index (χ2n) is 10.1. The van der Waals surface area contributed by atoms with Crippen LogP contribution in [0.15, 0.2) is 72.4 Å². The molecule has 2 aromatic heterocycles. The first-order chi connectivity index (χ1) is 20.9. The van der Waals surface area contributed by atoms with Crippen molar-refractivity contribution in [1.82, 2.24) is 20.0 Å². The zero-order chi connectivity index (χ0) is 29.7. The van der Waals surface area contributed by atoms with E-state index in [0.717, 1.165) is 27.9 Å². The van der Waals surface area contributed by atoms with Gasteiger partial charge in [0.1, 0.15) is 46.7 Å². The van der Waals surface area contributed by atoms with E-state index in [1.807, 2.05) is 30.3 Å². The molecule has 0 radical (unpaired) electrons. The third kappa shape index (κ3) is 5.28. The van der Waals surface area contributed by atoms with Gasteiger partial charge in [-0.25, -0.2) is 18.4 Å². The van der Waals surface area contributed by atoms with Gasteiger partial charge in [-0.1, -0.05) is 47.1 Å². The van der Waals surface area contributed by atoms with Gasteiger partial charge in [0.2, 0.25) is 0 Å². The molecule has 2 aliphatic heterocycles. The van der Waals surface area contributed by atoms with E-state index in [9.17, 15) is 18.7 Å². The fourth-order valence-corrected chi connectivity index (χ4v) is 6.14. The lowest BCUT2D eigenvalue weighted by Gasteiger charge is -2.47. The number of aliphatic hydroxyl groups excluding tert-OH is 1. The lowest BCUT2D eigenvalue weighted by Crippen LogP contribution is -2.61. The molecule has 7 rings (SSSR count). The summed E-state index contributed by atoms with van der Waals surface area (Å²) in [6.07, 6.45) is -3.77. The van der Waals surface area contributed by atoms with E-state index >= 15 is 0 Å². The van der Waals surface area contributed by atoms with Gasteiger partial charge in [0.05, 0.1) is 28.5 Å². The monoisotopic (exact) mass is 625 g/mol. The summed E-state index contributed by atoms with van der Waals surface area (Å²) in [6.45, 7) is 0.0548. The minimum absolute atomic E-state index is 0.0548. The normalized spacial score (nSPS) is 25.4. The fraction of sp³-hybridized carbons (Fsp3) is 0.241. The first-order valence-electron chi connectivity index (χ1n) is 13.2. The van der Waals surface area contributed by atoms with Crippen molar-refractivity contribution in [2.75, 3.05) is 11.9 Å². The van der Waals surface area contributed by atoms with E-state index in [2.05, 4.69) is 20.6 Å². The number of halogens is 3. The molecule has 2 saturated heterocycles. The van der Waals surface area contributed by atoms with Gasteiger partial charge in [-0.15, -0.1) is 16.4 Å². The van der Waals surface area contributed by atoms with Crippen molar-refractivity contribution in [3.63, 3.8) is 0 Å². The number of aliphatic hydroxyl groups is 1. The number of rotatable bonds is 5. The number of hydrogen-bond acceptors (Lipinski definition) is 9. The smallest absolute Gasteiger partial charge is 0.256 e. The zero-order valence-electron chi connectivity index (χ0n) is 22.0. The van der Waals surface area contributed by atoms with Gasteiger partial charge in [0, 0.05) is 16.8 Å². The van der Waals surface area contributed by atoms with Crippen LogP contribution in [0.5, 0.6) is 0 Å². The van der Waals surface area contributed by atoms with Gasteiger partial charge in [-0.05, 0) is 30.3 Å². The number of fused-ring (bicyclic) bond motifs is 2. The molecule has 2 aliphatic rings. The quantitative estimate of drug-likeness (QED) is 0.265. The van der Waals surface area contributed by atoms with Crippen molar-refractivity contribution in [1.29, 1.82) is 0 Å². The summed E-state index contributed by atoms with van der Waals surface area (Å²) in [5.74, 6) is -2.50. The summed E-state index contributed by atoms with van der Waals surface area (Å²) < 4.78 is 48.9. The highest BCUT2D eigenvalue weighted by molar-refractivity contribution is 7.16. The molecule has 2 fully saturated rings. The van der Waals surface area contributed by atoms with Crippen LogP contribution in [0.2, 0.25) is 5.02 Å². The predicted molar refractivity (Wildman–Crippen MR) is 152 cm³/mol. The summed E-state index contributed by atoms with van der Waals surface area (Å²) in [7, 11) is 0. The van der Waals surface area contributed by atoms with Gasteiger partial charge < -0.3 is 24.6 Å². The first kappa shape index (κ1) is 28.0. The van der Waals surface area contributed by atoms with Gasteiger partial charge in [-0.3, -0.25) is 4.79 Å². The molecule has 6 unspecified atom stereocenters. The Balaban J connectivity index is 1.21. The molecular formula is C29H22ClF2N5O5S. The third-order valence-electron chi connectivity index (χ3n) is 7.40. The first-order valence-corrected chi connectivity index (χ1v) is 14.5.